The molecular formula is C30H45N3O4S. The average molecular weight is 544 g/mol. The van der Waals surface area contributed by atoms with Crippen molar-refractivity contribution in [2.24, 2.45) is 16.7 Å². The van der Waals surface area contributed by atoms with E-state index in [1.54, 1.807) is 4.31 Å². The Morgan fingerprint density at radius 3 is 2.47 bits per heavy atom. The molecule has 3 unspecified atom stereocenters. The molecule has 1 spiro atoms. The molecule has 210 valence electrons. The van der Waals surface area contributed by atoms with Crippen molar-refractivity contribution in [3.05, 3.63) is 41.5 Å². The number of carbonyl (C=O) groups is 1. The molecule has 4 aliphatic rings. The SMILES string of the molecule is CC(C)(C)NC(=O)NCCC1(O)CC2CCC1(CS(=O)(=O)N1CCC3(C=Cc4ccccc43)CC1)C2(C)C. The fourth-order valence-electron chi connectivity index (χ4n) is 8.23. The molecule has 3 aliphatic carbocycles. The maximum atomic E-state index is 14.0. The van der Waals surface area contributed by atoms with Gasteiger partial charge in [0.15, 0.2) is 0 Å². The molecule has 5 rings (SSSR count). The molecule has 1 aromatic carbocycles. The van der Waals surface area contributed by atoms with E-state index >= 15 is 0 Å². The van der Waals surface area contributed by atoms with E-state index in [2.05, 4.69) is 54.8 Å². The molecule has 0 aromatic heterocycles. The smallest absolute Gasteiger partial charge is 0.315 e. The van der Waals surface area contributed by atoms with Crippen LogP contribution in [0, 0.1) is 16.7 Å². The van der Waals surface area contributed by atoms with Crippen LogP contribution in [0.3, 0.4) is 0 Å². The summed E-state index contributed by atoms with van der Waals surface area (Å²) in [4.78, 5) is 12.3. The van der Waals surface area contributed by atoms with Crippen LogP contribution in [-0.4, -0.2) is 60.4 Å². The largest absolute Gasteiger partial charge is 0.389 e. The molecule has 1 heterocycles. The van der Waals surface area contributed by atoms with Crippen molar-refractivity contribution >= 4 is 22.1 Å². The zero-order chi connectivity index (χ0) is 27.6. The molecule has 3 fully saturated rings. The minimum atomic E-state index is -3.59. The van der Waals surface area contributed by atoms with E-state index < -0.39 is 21.0 Å². The van der Waals surface area contributed by atoms with Crippen LogP contribution in [0.1, 0.15) is 84.3 Å². The first-order valence-electron chi connectivity index (χ1n) is 14.2. The predicted molar refractivity (Wildman–Crippen MR) is 151 cm³/mol. The lowest BCUT2D eigenvalue weighted by atomic mass is 9.63. The van der Waals surface area contributed by atoms with E-state index in [1.165, 1.54) is 11.1 Å². The highest BCUT2D eigenvalue weighted by atomic mass is 32.2. The Bertz CT molecular complexity index is 1230. The number of hydrogen-bond donors (Lipinski definition) is 3. The Kier molecular flexibility index (Phi) is 6.60. The van der Waals surface area contributed by atoms with Crippen LogP contribution in [0.25, 0.3) is 6.08 Å². The third kappa shape index (κ3) is 4.40. The van der Waals surface area contributed by atoms with Gasteiger partial charge in [0.05, 0.1) is 11.4 Å². The number of rotatable bonds is 6. The summed E-state index contributed by atoms with van der Waals surface area (Å²) in [6, 6.07) is 8.15. The number of piperidine rings is 1. The molecule has 38 heavy (non-hydrogen) atoms. The normalized spacial score (nSPS) is 31.5. The number of fused-ring (bicyclic) bond motifs is 4. The number of amides is 2. The van der Waals surface area contributed by atoms with Gasteiger partial charge in [-0.1, -0.05) is 50.3 Å². The van der Waals surface area contributed by atoms with Gasteiger partial charge < -0.3 is 15.7 Å². The second kappa shape index (κ2) is 9.07. The molecule has 0 radical (unpaired) electrons. The van der Waals surface area contributed by atoms with E-state index in [-0.39, 0.29) is 34.1 Å². The Morgan fingerprint density at radius 2 is 1.82 bits per heavy atom. The Labute approximate surface area is 228 Å². The minimum absolute atomic E-state index is 0.0341. The van der Waals surface area contributed by atoms with Crippen LogP contribution >= 0.6 is 0 Å². The predicted octanol–water partition coefficient (Wildman–Crippen LogP) is 4.42. The van der Waals surface area contributed by atoms with Crippen molar-refractivity contribution in [3.8, 4) is 0 Å². The van der Waals surface area contributed by atoms with Crippen molar-refractivity contribution in [2.75, 3.05) is 25.4 Å². The summed E-state index contributed by atoms with van der Waals surface area (Å²) in [5.74, 6) is 0.240. The second-order valence-corrected chi connectivity index (χ2v) is 15.9. The number of urea groups is 1. The molecule has 2 saturated carbocycles. The van der Waals surface area contributed by atoms with Crippen molar-refractivity contribution in [2.45, 2.75) is 89.7 Å². The quantitative estimate of drug-likeness (QED) is 0.495. The monoisotopic (exact) mass is 543 g/mol. The van der Waals surface area contributed by atoms with Crippen LogP contribution in [-0.2, 0) is 15.4 Å². The number of hydrogen-bond acceptors (Lipinski definition) is 4. The molecule has 2 bridgehead atoms. The van der Waals surface area contributed by atoms with E-state index in [0.29, 0.717) is 38.9 Å². The zero-order valence-electron chi connectivity index (χ0n) is 23.6. The van der Waals surface area contributed by atoms with Crippen LogP contribution in [0.5, 0.6) is 0 Å². The average Bonchev–Trinajstić information content (AvgIpc) is 3.34. The topological polar surface area (TPSA) is 98.7 Å². The molecule has 1 aliphatic heterocycles. The van der Waals surface area contributed by atoms with Gasteiger partial charge in [0.25, 0.3) is 0 Å². The summed E-state index contributed by atoms with van der Waals surface area (Å²) in [6.45, 7) is 11.3. The van der Waals surface area contributed by atoms with Gasteiger partial charge in [-0.15, -0.1) is 0 Å². The fraction of sp³-hybridized carbons (Fsp3) is 0.700. The maximum absolute atomic E-state index is 14.0. The van der Waals surface area contributed by atoms with E-state index in [0.717, 1.165) is 19.3 Å². The first-order valence-corrected chi connectivity index (χ1v) is 15.8. The number of nitrogens with zero attached hydrogens (tertiary/aromatic N) is 1. The molecule has 1 saturated heterocycles. The molecule has 3 atom stereocenters. The van der Waals surface area contributed by atoms with Gasteiger partial charge >= 0.3 is 6.03 Å². The number of carbonyl (C=O) groups excluding carboxylic acids is 1. The Morgan fingerprint density at radius 1 is 1.13 bits per heavy atom. The lowest BCUT2D eigenvalue weighted by Crippen LogP contribution is -2.57. The summed E-state index contributed by atoms with van der Waals surface area (Å²) in [5, 5.41) is 17.9. The molecule has 8 heteroatoms. The summed E-state index contributed by atoms with van der Waals surface area (Å²) >= 11 is 0. The van der Waals surface area contributed by atoms with Gasteiger partial charge in [-0.2, -0.15) is 0 Å². The molecule has 2 amide bonds. The summed E-state index contributed by atoms with van der Waals surface area (Å²) in [5.41, 5.74) is -0.0511. The highest BCUT2D eigenvalue weighted by Gasteiger charge is 2.71. The lowest BCUT2D eigenvalue weighted by Gasteiger charge is -2.49. The van der Waals surface area contributed by atoms with Gasteiger partial charge in [0, 0.05) is 36.0 Å². The van der Waals surface area contributed by atoms with Gasteiger partial charge in [-0.3, -0.25) is 0 Å². The first kappa shape index (κ1) is 27.7. The number of benzene rings is 1. The molecule has 3 N–H and O–H groups in total. The van der Waals surface area contributed by atoms with Gasteiger partial charge in [-0.05, 0) is 81.8 Å². The van der Waals surface area contributed by atoms with E-state index in [9.17, 15) is 18.3 Å². The summed E-state index contributed by atoms with van der Waals surface area (Å²) in [7, 11) is -3.59. The van der Waals surface area contributed by atoms with Crippen LogP contribution in [0.2, 0.25) is 0 Å². The van der Waals surface area contributed by atoms with Crippen LogP contribution in [0.4, 0.5) is 4.79 Å². The van der Waals surface area contributed by atoms with Crippen molar-refractivity contribution in [3.63, 3.8) is 0 Å². The highest BCUT2D eigenvalue weighted by Crippen LogP contribution is 2.71. The Balaban J connectivity index is 1.30. The van der Waals surface area contributed by atoms with E-state index in [1.807, 2.05) is 26.8 Å². The summed E-state index contributed by atoms with van der Waals surface area (Å²) < 4.78 is 29.7. The third-order valence-electron chi connectivity index (χ3n) is 10.5. The standard InChI is InChI=1S/C30H45N3O4S/c1-26(2,3)32-25(34)31-17-14-30(35)20-23-11-13-29(30,27(23,4)5)21-38(36,37)33-18-15-28(16-19-33)12-10-22-8-6-7-9-24(22)28/h6-10,12,23,35H,11,13-21H2,1-5H3,(H2,31,32,34). The maximum Gasteiger partial charge on any atom is 0.315 e. The van der Waals surface area contributed by atoms with E-state index in [4.69, 9.17) is 0 Å². The summed E-state index contributed by atoms with van der Waals surface area (Å²) in [6.07, 6.45) is 8.56. The third-order valence-corrected chi connectivity index (χ3v) is 12.5. The first-order chi connectivity index (χ1) is 17.6. The number of aliphatic hydroxyl groups is 1. The van der Waals surface area contributed by atoms with Gasteiger partial charge in [0.2, 0.25) is 10.0 Å². The second-order valence-electron chi connectivity index (χ2n) is 13.9. The molecule has 7 nitrogen and oxygen atoms in total. The lowest BCUT2D eigenvalue weighted by molar-refractivity contribution is -0.0918. The zero-order valence-corrected chi connectivity index (χ0v) is 24.5. The minimum Gasteiger partial charge on any atom is -0.389 e. The molecule has 1 aromatic rings. The van der Waals surface area contributed by atoms with Crippen molar-refractivity contribution in [1.82, 2.24) is 14.9 Å². The van der Waals surface area contributed by atoms with Gasteiger partial charge in [0.1, 0.15) is 0 Å². The van der Waals surface area contributed by atoms with Crippen molar-refractivity contribution in [1.29, 1.82) is 0 Å². The number of nitrogens with one attached hydrogen (secondary N) is 2. The number of sulfonamides is 1. The molecular weight excluding hydrogens is 498 g/mol. The number of allylic oxidation sites excluding steroid dienone is 1. The van der Waals surface area contributed by atoms with Crippen LogP contribution < -0.4 is 10.6 Å². The van der Waals surface area contributed by atoms with Gasteiger partial charge in [-0.25, -0.2) is 17.5 Å². The fourth-order valence-corrected chi connectivity index (χ4v) is 10.6. The highest BCUT2D eigenvalue weighted by molar-refractivity contribution is 7.89. The van der Waals surface area contributed by atoms with Crippen LogP contribution in [0.15, 0.2) is 30.3 Å². The Hall–Kier alpha value is -1.90. The van der Waals surface area contributed by atoms with Crippen molar-refractivity contribution < 1.29 is 18.3 Å².